The second-order valence-electron chi connectivity index (χ2n) is 34.5. The van der Waals surface area contributed by atoms with Crippen LogP contribution in [0.1, 0.15) is 144 Å². The topological polar surface area (TPSA) is 323 Å². The summed E-state index contributed by atoms with van der Waals surface area (Å²) in [6, 6.07) is 58.7. The van der Waals surface area contributed by atoms with Crippen LogP contribution in [0.25, 0.3) is 49.8 Å². The maximum atomic E-state index is 13.5. The third-order valence-corrected chi connectivity index (χ3v) is 27.8. The third kappa shape index (κ3) is 20.8. The van der Waals surface area contributed by atoms with E-state index in [1.165, 1.54) is 24.3 Å². The molecule has 24 nitrogen and oxygen atoms in total. The molecule has 16 rings (SSSR count). The molecule has 31 heteroatoms. The average Bonchev–Trinajstić information content (AvgIpc) is 1.52. The number of aromatic nitrogens is 11. The number of carbonyl (C=O) groups excluding carboxylic acids is 1. The predicted octanol–water partition coefficient (Wildman–Crippen LogP) is 18.2. The van der Waals surface area contributed by atoms with Crippen molar-refractivity contribution < 1.29 is 56.4 Å². The van der Waals surface area contributed by atoms with Crippen molar-refractivity contribution in [3.8, 4) is 22.8 Å². The molecule has 1 aliphatic heterocycles. The summed E-state index contributed by atoms with van der Waals surface area (Å²) in [5.74, 6) is -0.702. The summed E-state index contributed by atoms with van der Waals surface area (Å²) in [4.78, 5) is 26.1. The number of hydrazone groups is 1. The Hall–Kier alpha value is -12.6. The fourth-order valence-corrected chi connectivity index (χ4v) is 20.0. The minimum Gasteiger partial charge on any atom is -0.491 e. The Morgan fingerprint density at radius 3 is 1.33 bits per heavy atom. The normalized spacial score (nSPS) is 14.5. The van der Waals surface area contributed by atoms with Gasteiger partial charge in [0.25, 0.3) is 0 Å². The Labute approximate surface area is 731 Å². The highest BCUT2D eigenvalue weighted by molar-refractivity contribution is 7.91. The maximum absolute atomic E-state index is 13.5. The summed E-state index contributed by atoms with van der Waals surface area (Å²) in [5.41, 5.74) is 19.4. The molecule has 14 aromatic rings. The first-order chi connectivity index (χ1) is 59.2. The van der Waals surface area contributed by atoms with Gasteiger partial charge in [-0.2, -0.15) is 38.7 Å². The molecule has 7 aromatic carbocycles. The van der Waals surface area contributed by atoms with Gasteiger partial charge in [0.05, 0.1) is 134 Å². The van der Waals surface area contributed by atoms with Crippen molar-refractivity contribution in [2.75, 3.05) is 5.73 Å². The largest absolute Gasteiger partial charge is 0.491 e. The van der Waals surface area contributed by atoms with Gasteiger partial charge in [-0.3, -0.25) is 14.8 Å². The Kier molecular flexibility index (Phi) is 25.9. The van der Waals surface area contributed by atoms with Crippen molar-refractivity contribution in [3.05, 3.63) is 311 Å². The van der Waals surface area contributed by atoms with Crippen LogP contribution in [0.4, 0.5) is 19.0 Å². The van der Waals surface area contributed by atoms with Crippen molar-refractivity contribution in [1.82, 2.24) is 59.5 Å². The number of hydrogen-bond acceptors (Lipinski definition) is 19. The van der Waals surface area contributed by atoms with Crippen LogP contribution in [0.3, 0.4) is 0 Å². The highest BCUT2D eigenvalue weighted by Gasteiger charge is 2.39. The summed E-state index contributed by atoms with van der Waals surface area (Å²) >= 11 is 0. The molecular weight excluding hydrogens is 1680 g/mol. The smallest absolute Gasteiger partial charge is 0.435 e. The van der Waals surface area contributed by atoms with Crippen LogP contribution in [-0.4, -0.2) is 106 Å². The Bertz CT molecular complexity index is 7020. The van der Waals surface area contributed by atoms with Crippen LogP contribution in [0, 0.1) is 39.5 Å². The van der Waals surface area contributed by atoms with Gasteiger partial charge >= 0.3 is 6.18 Å². The highest BCUT2D eigenvalue weighted by Crippen LogP contribution is 2.37. The Morgan fingerprint density at radius 1 is 0.437 bits per heavy atom. The summed E-state index contributed by atoms with van der Waals surface area (Å²) in [5, 5.41) is 23.9. The van der Waals surface area contributed by atoms with E-state index in [4.69, 9.17) is 10.5 Å². The van der Waals surface area contributed by atoms with Gasteiger partial charge in [0.15, 0.2) is 50.9 Å². The van der Waals surface area contributed by atoms with E-state index < -0.39 is 62.9 Å². The zero-order valence-electron chi connectivity index (χ0n) is 72.4. The number of fused-ring (bicyclic) bond motifs is 4. The van der Waals surface area contributed by atoms with E-state index in [0.29, 0.717) is 72.2 Å². The predicted molar refractivity (Wildman–Crippen MR) is 485 cm³/mol. The van der Waals surface area contributed by atoms with Gasteiger partial charge in [0.1, 0.15) is 11.6 Å². The summed E-state index contributed by atoms with van der Waals surface area (Å²) < 4.78 is 157. The van der Waals surface area contributed by atoms with Crippen molar-refractivity contribution in [2.24, 2.45) is 16.9 Å². The molecule has 8 heterocycles. The molecule has 654 valence electrons. The van der Waals surface area contributed by atoms with E-state index >= 15 is 0 Å². The second kappa shape index (κ2) is 35.8. The lowest BCUT2D eigenvalue weighted by atomic mass is 9.86. The zero-order valence-corrected chi connectivity index (χ0v) is 75.7. The number of nitrogen functional groups attached to an aromatic ring is 1. The average molecular weight is 1780 g/mol. The number of amides is 1. The van der Waals surface area contributed by atoms with Gasteiger partial charge in [-0.05, 0) is 214 Å². The molecule has 7 aromatic heterocycles. The monoisotopic (exact) mass is 1780 g/mol. The number of nitrogens with zero attached hydrogens (tertiary/aromatic N) is 12. The van der Waals surface area contributed by atoms with Gasteiger partial charge in [0, 0.05) is 34.6 Å². The molecule has 1 aliphatic carbocycles. The molecule has 2 unspecified atom stereocenters. The maximum Gasteiger partial charge on any atom is 0.435 e. The van der Waals surface area contributed by atoms with Gasteiger partial charge in [-0.1, -0.05) is 153 Å². The number of ether oxygens (including phenoxy) is 1. The number of allylic oxidation sites excluding steroid dienone is 3. The molecule has 3 N–H and O–H groups in total. The van der Waals surface area contributed by atoms with Crippen molar-refractivity contribution >= 4 is 89.6 Å². The van der Waals surface area contributed by atoms with Crippen molar-refractivity contribution in [3.63, 3.8) is 0 Å². The van der Waals surface area contributed by atoms with Crippen LogP contribution < -0.4 is 15.9 Å². The molecule has 2 atom stereocenters. The first-order valence-electron chi connectivity index (χ1n) is 40.6. The van der Waals surface area contributed by atoms with E-state index in [1.807, 2.05) is 150 Å². The Balaban J connectivity index is 0.000000144. The number of anilines is 1. The van der Waals surface area contributed by atoms with Crippen molar-refractivity contribution in [1.29, 1.82) is 0 Å². The second-order valence-corrected chi connectivity index (χ2v) is 42.5. The van der Waals surface area contributed by atoms with E-state index in [0.717, 1.165) is 71.9 Å². The van der Waals surface area contributed by atoms with Crippen molar-refractivity contribution in [2.45, 2.75) is 175 Å². The van der Waals surface area contributed by atoms with Gasteiger partial charge in [0.2, 0.25) is 5.91 Å². The fourth-order valence-electron chi connectivity index (χ4n) is 14.7. The number of para-hydroxylation sites is 1. The van der Waals surface area contributed by atoms with E-state index in [2.05, 4.69) is 108 Å². The summed E-state index contributed by atoms with van der Waals surface area (Å²) in [6.07, 6.45) is 5.90. The van der Waals surface area contributed by atoms with Crippen LogP contribution in [-0.2, 0) is 89.6 Å². The first kappa shape index (κ1) is 91.1. The number of pyridine rings is 3. The van der Waals surface area contributed by atoms with Crippen LogP contribution in [0.15, 0.2) is 268 Å². The van der Waals surface area contributed by atoms with Gasteiger partial charge in [-0.25, -0.2) is 62.8 Å². The highest BCUT2D eigenvalue weighted by atomic mass is 32.2. The quantitative estimate of drug-likeness (QED) is 0.0855. The molecule has 0 saturated heterocycles. The molecule has 126 heavy (non-hydrogen) atoms. The molecule has 0 spiro atoms. The number of sulfone groups is 4. The standard InChI is InChI=1S/C25H27N3O2S.C24H26N4O2S.C23H20F3N3O3S.C23H26N4O3S/c1-17-8-13-23(22-7-6-14-26-24(17)22)28-20(15-18(2)27-28)16-31(29,30)21-11-9-19(10-12-21)25(3,4)5;1-16-13-18(15-31(29,30)19-11-9-17(10-12-19)24(2,3)4)28(27-16)22-14-23(25)26-21-8-6-5-7-20(21)22;1-15(2)32-17-8-10-18(11-9-17)33(30,31)14-16-13-22(23(24,25)26)28-29(16)21-7-3-6-20-19(21)5-4-12-27-20;1-15-13-17(14-31(29,30)18-11-9-16(10-12-18)23(2,3)4)27(26-15)21-19-7-5-6-8-20(19)22(28)25-24-21/h6-15H,16H2,1-5H3;5-14H,15H2,1-4H3,(H2,25,26);3-13,15H,14H2,1-2H3;5-13,19-20H,14H2,1-4H3,(H,25,28). The van der Waals surface area contributed by atoms with E-state index in [-0.39, 0.29) is 66.9 Å². The number of rotatable bonds is 17. The number of aryl methyl sites for hydroxylation is 4. The summed E-state index contributed by atoms with van der Waals surface area (Å²) in [6.45, 7) is 30.1. The number of alkyl halides is 3. The van der Waals surface area contributed by atoms with Crippen LogP contribution in [0.2, 0.25) is 0 Å². The number of carbonyl (C=O) groups is 1. The lowest BCUT2D eigenvalue weighted by Gasteiger charge is -2.28. The number of hydrogen-bond donors (Lipinski definition) is 2. The molecule has 0 bridgehead atoms. The van der Waals surface area contributed by atoms with E-state index in [9.17, 15) is 51.6 Å². The number of benzene rings is 7. The Morgan fingerprint density at radius 2 is 0.841 bits per heavy atom. The minimum atomic E-state index is -4.73. The molecule has 0 radical (unpaired) electrons. The minimum absolute atomic E-state index is 0.0282. The fraction of sp³-hybridized carbons (Fsp3) is 0.274. The van der Waals surface area contributed by atoms with Crippen LogP contribution in [0.5, 0.6) is 5.75 Å². The number of halogens is 3. The summed E-state index contributed by atoms with van der Waals surface area (Å²) in [7, 11) is -14.7. The number of nitrogens with two attached hydrogens (primary N) is 1. The lowest BCUT2D eigenvalue weighted by molar-refractivity contribution is -0.141. The molecular formula is C95H99F3N14O10S4. The molecule has 1 amide bonds. The SMILES string of the molecule is CC(C)Oc1ccc(S(=O)(=O)Cc2cc(C(F)(F)F)nn2-c2cccc3ncccc23)cc1.Cc1cc(CS(=O)(=O)c2ccc(C(C)(C)C)cc2)n(-c2cc(N)nc3ccccc23)n1.Cc1cc(CS(=O)(=O)c2ccc(C(C)(C)C)cc2)n(-c2ccc(C)c3ncccc23)n1.Cc1cc(CS(=O)(=O)c2ccc(C(C)(C)C)cc2)n(C2=NNC(=O)C3C=CC=CC23)n1. The third-order valence-electron chi connectivity index (χ3n) is 21.1. The first-order valence-corrected chi connectivity index (χ1v) is 47.2. The van der Waals surface area contributed by atoms with Crippen LogP contribution >= 0.6 is 0 Å². The van der Waals surface area contributed by atoms with Gasteiger partial charge < -0.3 is 10.5 Å². The molecule has 0 saturated carbocycles. The van der Waals surface area contributed by atoms with E-state index in [1.54, 1.807) is 118 Å². The number of nitrogens with one attached hydrogen (secondary N) is 1. The zero-order chi connectivity index (χ0) is 91.0. The van der Waals surface area contributed by atoms with Gasteiger partial charge in [-0.15, -0.1) is 0 Å². The molecule has 0 fully saturated rings. The molecule has 2 aliphatic rings. The lowest BCUT2D eigenvalue weighted by Crippen LogP contribution is -2.44.